The van der Waals surface area contributed by atoms with E-state index in [-0.39, 0.29) is 18.9 Å². The number of hydrogen-bond donors (Lipinski definition) is 1. The van der Waals surface area contributed by atoms with E-state index in [2.05, 4.69) is 0 Å². The van der Waals surface area contributed by atoms with Crippen LogP contribution >= 0.6 is 0 Å². The number of halogens is 3. The minimum Gasteiger partial charge on any atom is -0.481 e. The van der Waals surface area contributed by atoms with Gasteiger partial charge >= 0.3 is 18.2 Å². The number of alkyl halides is 3. The van der Waals surface area contributed by atoms with E-state index in [1.54, 1.807) is 20.8 Å². The highest BCUT2D eigenvalue weighted by molar-refractivity contribution is 5.69. The molecular formula is C19H24F3NO4. The summed E-state index contributed by atoms with van der Waals surface area (Å²) in [5.41, 5.74) is -0.755. The van der Waals surface area contributed by atoms with Crippen molar-refractivity contribution in [1.82, 2.24) is 4.90 Å². The quantitative estimate of drug-likeness (QED) is 0.828. The molecule has 0 spiro atoms. The van der Waals surface area contributed by atoms with Gasteiger partial charge in [0.15, 0.2) is 0 Å². The average molecular weight is 387 g/mol. The second kappa shape index (κ2) is 7.78. The molecule has 2 unspecified atom stereocenters. The van der Waals surface area contributed by atoms with Crippen molar-refractivity contribution in [3.63, 3.8) is 0 Å². The smallest absolute Gasteiger partial charge is 0.416 e. The van der Waals surface area contributed by atoms with Crippen molar-refractivity contribution < 1.29 is 32.6 Å². The van der Waals surface area contributed by atoms with Gasteiger partial charge in [-0.05, 0) is 56.7 Å². The molecule has 1 aliphatic rings. The van der Waals surface area contributed by atoms with E-state index in [4.69, 9.17) is 4.74 Å². The maximum atomic E-state index is 12.8. The second-order valence-electron chi connectivity index (χ2n) is 7.80. The van der Waals surface area contributed by atoms with Gasteiger partial charge in [0.25, 0.3) is 0 Å². The first-order valence-electron chi connectivity index (χ1n) is 8.73. The molecule has 2 rings (SSSR count). The Morgan fingerprint density at radius 3 is 2.26 bits per heavy atom. The van der Waals surface area contributed by atoms with Crippen LogP contribution in [0, 0.1) is 5.92 Å². The third-order valence-corrected chi connectivity index (χ3v) is 4.49. The molecule has 27 heavy (non-hydrogen) atoms. The minimum absolute atomic E-state index is 0.176. The summed E-state index contributed by atoms with van der Waals surface area (Å²) in [4.78, 5) is 25.0. The van der Waals surface area contributed by atoms with E-state index >= 15 is 0 Å². The summed E-state index contributed by atoms with van der Waals surface area (Å²) in [7, 11) is 0. The highest BCUT2D eigenvalue weighted by Gasteiger charge is 2.36. The topological polar surface area (TPSA) is 66.8 Å². The molecule has 8 heteroatoms. The molecule has 1 fully saturated rings. The van der Waals surface area contributed by atoms with Gasteiger partial charge in [-0.3, -0.25) is 4.79 Å². The Morgan fingerprint density at radius 1 is 1.19 bits per heavy atom. The lowest BCUT2D eigenvalue weighted by molar-refractivity contribution is -0.139. The molecular weight excluding hydrogens is 363 g/mol. The molecule has 1 saturated heterocycles. The van der Waals surface area contributed by atoms with Gasteiger partial charge in [0.1, 0.15) is 5.60 Å². The highest BCUT2D eigenvalue weighted by Crippen LogP contribution is 2.37. The number of piperidine rings is 1. The Bertz CT molecular complexity index is 680. The molecule has 0 saturated carbocycles. The van der Waals surface area contributed by atoms with E-state index in [9.17, 15) is 27.9 Å². The number of hydrogen-bond acceptors (Lipinski definition) is 3. The summed E-state index contributed by atoms with van der Waals surface area (Å²) >= 11 is 0. The molecule has 1 amide bonds. The first kappa shape index (κ1) is 21.1. The third kappa shape index (κ3) is 5.87. The zero-order valence-corrected chi connectivity index (χ0v) is 15.5. The van der Waals surface area contributed by atoms with Gasteiger partial charge in [-0.15, -0.1) is 0 Å². The molecule has 5 nitrogen and oxygen atoms in total. The van der Waals surface area contributed by atoms with E-state index in [1.165, 1.54) is 17.0 Å². The molecule has 0 radical (unpaired) electrons. The van der Waals surface area contributed by atoms with Crippen molar-refractivity contribution >= 4 is 12.1 Å². The SMILES string of the molecule is CC(C)(C)OC(=O)N1CCC(c2ccc(C(F)(F)F)cc2)C(CC(=O)O)C1. The fraction of sp³-hybridized carbons (Fsp3) is 0.579. The van der Waals surface area contributed by atoms with Gasteiger partial charge in [0.2, 0.25) is 0 Å². The third-order valence-electron chi connectivity index (χ3n) is 4.49. The Kier molecular flexibility index (Phi) is 6.07. The number of ether oxygens (including phenoxy) is 1. The fourth-order valence-corrected chi connectivity index (χ4v) is 3.31. The predicted octanol–water partition coefficient (Wildman–Crippen LogP) is 4.52. The van der Waals surface area contributed by atoms with Crippen molar-refractivity contribution in [2.45, 2.75) is 51.3 Å². The summed E-state index contributed by atoms with van der Waals surface area (Å²) in [6, 6.07) is 4.80. The van der Waals surface area contributed by atoms with Gasteiger partial charge in [-0.2, -0.15) is 13.2 Å². The highest BCUT2D eigenvalue weighted by atomic mass is 19.4. The molecule has 1 aliphatic heterocycles. The van der Waals surface area contributed by atoms with E-state index in [0.29, 0.717) is 18.5 Å². The van der Waals surface area contributed by atoms with Crippen LogP contribution in [0.3, 0.4) is 0 Å². The van der Waals surface area contributed by atoms with Crippen molar-refractivity contribution in [1.29, 1.82) is 0 Å². The number of carboxylic acids is 1. The largest absolute Gasteiger partial charge is 0.481 e. The first-order valence-corrected chi connectivity index (χ1v) is 8.73. The summed E-state index contributed by atoms with van der Waals surface area (Å²) < 4.78 is 43.6. The van der Waals surface area contributed by atoms with Gasteiger partial charge < -0.3 is 14.7 Å². The fourth-order valence-electron chi connectivity index (χ4n) is 3.31. The number of carboxylic acid groups (broad SMARTS) is 1. The lowest BCUT2D eigenvalue weighted by atomic mass is 9.78. The van der Waals surface area contributed by atoms with Crippen LogP contribution in [-0.4, -0.2) is 40.8 Å². The summed E-state index contributed by atoms with van der Waals surface area (Å²) in [5, 5.41) is 9.21. The van der Waals surface area contributed by atoms with Crippen molar-refractivity contribution in [3.05, 3.63) is 35.4 Å². The maximum absolute atomic E-state index is 12.8. The Labute approximate surface area is 156 Å². The van der Waals surface area contributed by atoms with Crippen LogP contribution in [0.1, 0.15) is 50.7 Å². The lowest BCUT2D eigenvalue weighted by Crippen LogP contribution is -2.45. The number of likely N-dealkylation sites (tertiary alicyclic amines) is 1. The van der Waals surface area contributed by atoms with Crippen LogP contribution in [0.5, 0.6) is 0 Å². The van der Waals surface area contributed by atoms with Crippen LogP contribution in [0.15, 0.2) is 24.3 Å². The summed E-state index contributed by atoms with van der Waals surface area (Å²) in [6.45, 7) is 5.78. The van der Waals surface area contributed by atoms with Crippen LogP contribution in [0.4, 0.5) is 18.0 Å². The molecule has 1 heterocycles. The Balaban J connectivity index is 2.17. The van der Waals surface area contributed by atoms with Gasteiger partial charge in [0.05, 0.1) is 12.0 Å². The summed E-state index contributed by atoms with van der Waals surface area (Å²) in [5.74, 6) is -1.65. The molecule has 2 atom stereocenters. The maximum Gasteiger partial charge on any atom is 0.416 e. The molecule has 1 aromatic rings. The minimum atomic E-state index is -4.42. The number of carbonyl (C=O) groups excluding carboxylic acids is 1. The molecule has 0 bridgehead atoms. The number of carbonyl (C=O) groups is 2. The van der Waals surface area contributed by atoms with Gasteiger partial charge in [-0.25, -0.2) is 4.79 Å². The molecule has 0 aromatic heterocycles. The normalized spacial score (nSPS) is 21.0. The van der Waals surface area contributed by atoms with Crippen LogP contribution in [0.2, 0.25) is 0 Å². The Morgan fingerprint density at radius 2 is 1.78 bits per heavy atom. The van der Waals surface area contributed by atoms with Crippen LogP contribution in [0.25, 0.3) is 0 Å². The van der Waals surface area contributed by atoms with Crippen molar-refractivity contribution in [3.8, 4) is 0 Å². The standard InChI is InChI=1S/C19H24F3NO4/c1-18(2,3)27-17(26)23-9-8-15(13(11-23)10-16(24)25)12-4-6-14(7-5-12)19(20,21)22/h4-7,13,15H,8-11H2,1-3H3,(H,24,25). The average Bonchev–Trinajstić information content (AvgIpc) is 2.52. The molecule has 1 aromatic carbocycles. The van der Waals surface area contributed by atoms with E-state index in [0.717, 1.165) is 12.1 Å². The zero-order chi connectivity index (χ0) is 20.4. The number of amides is 1. The van der Waals surface area contributed by atoms with Crippen LogP contribution < -0.4 is 0 Å². The van der Waals surface area contributed by atoms with E-state index in [1.807, 2.05) is 0 Å². The Hall–Kier alpha value is -2.25. The number of aliphatic carboxylic acids is 1. The molecule has 0 aliphatic carbocycles. The van der Waals surface area contributed by atoms with Crippen molar-refractivity contribution in [2.75, 3.05) is 13.1 Å². The number of nitrogens with zero attached hydrogens (tertiary/aromatic N) is 1. The monoisotopic (exact) mass is 387 g/mol. The molecule has 1 N–H and O–H groups in total. The first-order chi connectivity index (χ1) is 12.4. The van der Waals surface area contributed by atoms with E-state index < -0.39 is 35.3 Å². The van der Waals surface area contributed by atoms with Gasteiger partial charge in [-0.1, -0.05) is 12.1 Å². The number of rotatable bonds is 3. The summed E-state index contributed by atoms with van der Waals surface area (Å²) in [6.07, 6.45) is -4.64. The predicted molar refractivity (Wildman–Crippen MR) is 92.4 cm³/mol. The lowest BCUT2D eigenvalue weighted by Gasteiger charge is -2.39. The van der Waals surface area contributed by atoms with Gasteiger partial charge in [0, 0.05) is 13.1 Å². The van der Waals surface area contributed by atoms with Crippen LogP contribution in [-0.2, 0) is 15.7 Å². The number of benzene rings is 1. The molecule has 150 valence electrons. The van der Waals surface area contributed by atoms with Crippen molar-refractivity contribution in [2.24, 2.45) is 5.92 Å². The second-order valence-corrected chi connectivity index (χ2v) is 7.80. The zero-order valence-electron chi connectivity index (χ0n) is 15.5.